The molecule has 0 bridgehead atoms. The summed E-state index contributed by atoms with van der Waals surface area (Å²) in [6.45, 7) is 9.41. The van der Waals surface area contributed by atoms with Crippen molar-refractivity contribution >= 4 is 27.5 Å². The van der Waals surface area contributed by atoms with Crippen molar-refractivity contribution in [1.29, 1.82) is 0 Å². The van der Waals surface area contributed by atoms with Crippen LogP contribution in [0.5, 0.6) is 5.88 Å². The maximum absolute atomic E-state index is 13.4. The van der Waals surface area contributed by atoms with Crippen molar-refractivity contribution < 1.29 is 18.3 Å². The van der Waals surface area contributed by atoms with Gasteiger partial charge in [-0.25, -0.2) is 23.7 Å². The molecule has 0 aliphatic carbocycles. The molecule has 3 aromatic heterocycles. The van der Waals surface area contributed by atoms with Crippen LogP contribution in [0.3, 0.4) is 0 Å². The minimum Gasteiger partial charge on any atom is -0.481 e. The lowest BCUT2D eigenvalue weighted by atomic mass is 9.98. The van der Waals surface area contributed by atoms with E-state index < -0.39 is 5.92 Å². The molecule has 3 aliphatic heterocycles. The maximum atomic E-state index is 13.4. The Morgan fingerprint density at radius 2 is 1.84 bits per heavy atom. The normalized spacial score (nSPS) is 21.1. The topological polar surface area (TPSA) is 66.9 Å². The van der Waals surface area contributed by atoms with E-state index in [1.165, 1.54) is 10.4 Å². The fraction of sp³-hybridized carbons (Fsp3) is 0.593. The number of pyridine rings is 1. The Balaban J connectivity index is 1.31. The van der Waals surface area contributed by atoms with Crippen LogP contribution >= 0.6 is 11.3 Å². The summed E-state index contributed by atoms with van der Waals surface area (Å²) >= 11 is 1.73. The molecule has 3 aliphatic rings. The Morgan fingerprint density at radius 1 is 1.11 bits per heavy atom. The SMILES string of the molecule is COc1ncc(-c2nc(N3CCOCC3)nc3c(CN4CCC(N5CC(F)(F)C5)CC4)c(C)sc23)cc1C. The third-order valence-corrected chi connectivity index (χ3v) is 9.08. The second-order valence-electron chi connectivity index (χ2n) is 10.6. The van der Waals surface area contributed by atoms with Crippen LogP contribution in [0, 0.1) is 13.8 Å². The van der Waals surface area contributed by atoms with Gasteiger partial charge in [0.2, 0.25) is 11.8 Å². The smallest absolute Gasteiger partial charge is 0.272 e. The summed E-state index contributed by atoms with van der Waals surface area (Å²) in [5.74, 6) is -1.17. The second kappa shape index (κ2) is 10.3. The number of nitrogens with zero attached hydrogens (tertiary/aromatic N) is 6. The van der Waals surface area contributed by atoms with Crippen LogP contribution in [-0.4, -0.2) is 96.3 Å². The van der Waals surface area contributed by atoms with Crippen LogP contribution in [0.25, 0.3) is 21.5 Å². The first-order valence-corrected chi connectivity index (χ1v) is 14.1. The zero-order valence-corrected chi connectivity index (χ0v) is 23.0. The van der Waals surface area contributed by atoms with Crippen LogP contribution < -0.4 is 9.64 Å². The van der Waals surface area contributed by atoms with E-state index in [1.54, 1.807) is 18.4 Å². The van der Waals surface area contributed by atoms with Gasteiger partial charge in [-0.05, 0) is 45.8 Å². The summed E-state index contributed by atoms with van der Waals surface area (Å²) in [7, 11) is 1.63. The average molecular weight is 545 g/mol. The fourth-order valence-corrected chi connectivity index (χ4v) is 6.90. The molecule has 6 heterocycles. The number of morpholine rings is 1. The van der Waals surface area contributed by atoms with Crippen molar-refractivity contribution in [1.82, 2.24) is 24.8 Å². The molecule has 0 atom stereocenters. The Labute approximate surface area is 225 Å². The van der Waals surface area contributed by atoms with Gasteiger partial charge in [-0.3, -0.25) is 9.80 Å². The zero-order valence-electron chi connectivity index (χ0n) is 22.2. The number of ether oxygens (including phenoxy) is 2. The number of piperidine rings is 1. The number of halogens is 2. The highest BCUT2D eigenvalue weighted by atomic mass is 32.1. The minimum absolute atomic E-state index is 0.0877. The number of alkyl halides is 2. The van der Waals surface area contributed by atoms with Crippen molar-refractivity contribution in [3.8, 4) is 17.1 Å². The van der Waals surface area contributed by atoms with Crippen LogP contribution in [0.15, 0.2) is 12.3 Å². The largest absolute Gasteiger partial charge is 0.481 e. The van der Waals surface area contributed by atoms with E-state index in [9.17, 15) is 8.78 Å². The molecule has 8 nitrogen and oxygen atoms in total. The van der Waals surface area contributed by atoms with E-state index in [2.05, 4.69) is 27.8 Å². The second-order valence-corrected chi connectivity index (χ2v) is 11.8. The molecule has 38 heavy (non-hydrogen) atoms. The van der Waals surface area contributed by atoms with E-state index in [0.29, 0.717) is 19.1 Å². The van der Waals surface area contributed by atoms with Gasteiger partial charge in [0.05, 0.1) is 49.3 Å². The molecule has 0 unspecified atom stereocenters. The molecule has 0 aromatic carbocycles. The monoisotopic (exact) mass is 544 g/mol. The summed E-state index contributed by atoms with van der Waals surface area (Å²) in [4.78, 5) is 22.5. The first kappa shape index (κ1) is 25.8. The number of thiophene rings is 1. The maximum Gasteiger partial charge on any atom is 0.272 e. The van der Waals surface area contributed by atoms with Crippen molar-refractivity contribution in [2.24, 2.45) is 0 Å². The lowest BCUT2D eigenvalue weighted by Crippen LogP contribution is -2.61. The predicted molar refractivity (Wildman–Crippen MR) is 145 cm³/mol. The molecule has 3 aromatic rings. The van der Waals surface area contributed by atoms with Crippen LogP contribution in [0.4, 0.5) is 14.7 Å². The summed E-state index contributed by atoms with van der Waals surface area (Å²) in [6, 6.07) is 2.34. The lowest BCUT2D eigenvalue weighted by Gasteiger charge is -2.46. The molecule has 3 saturated heterocycles. The van der Waals surface area contributed by atoms with E-state index in [0.717, 1.165) is 78.6 Å². The summed E-state index contributed by atoms with van der Waals surface area (Å²) in [6.07, 6.45) is 3.68. The molecular formula is C27H34F2N6O2S. The average Bonchev–Trinajstić information content (AvgIpc) is 3.22. The number of methoxy groups -OCH3 is 1. The Hall–Kier alpha value is -2.47. The number of hydrogen-bond donors (Lipinski definition) is 0. The number of hydrogen-bond acceptors (Lipinski definition) is 9. The summed E-state index contributed by atoms with van der Waals surface area (Å²) in [5.41, 5.74) is 5.03. The number of aryl methyl sites for hydroxylation is 2. The van der Waals surface area contributed by atoms with Gasteiger partial charge in [0, 0.05) is 53.4 Å². The minimum atomic E-state index is -2.50. The molecule has 0 saturated carbocycles. The van der Waals surface area contributed by atoms with E-state index >= 15 is 0 Å². The Bertz CT molecular complexity index is 1310. The molecule has 3 fully saturated rings. The number of anilines is 1. The highest BCUT2D eigenvalue weighted by molar-refractivity contribution is 7.19. The van der Waals surface area contributed by atoms with E-state index in [4.69, 9.17) is 19.4 Å². The molecule has 6 rings (SSSR count). The molecule has 11 heteroatoms. The molecule has 0 amide bonds. The third kappa shape index (κ3) is 4.97. The molecule has 0 spiro atoms. The Morgan fingerprint density at radius 3 is 2.50 bits per heavy atom. The third-order valence-electron chi connectivity index (χ3n) is 7.93. The van der Waals surface area contributed by atoms with Crippen LogP contribution in [0.2, 0.25) is 0 Å². The van der Waals surface area contributed by atoms with Gasteiger partial charge in [0.25, 0.3) is 5.92 Å². The first-order valence-electron chi connectivity index (χ1n) is 13.3. The number of fused-ring (bicyclic) bond motifs is 1. The van der Waals surface area contributed by atoms with Gasteiger partial charge in [-0.15, -0.1) is 11.3 Å². The van der Waals surface area contributed by atoms with Crippen molar-refractivity contribution in [3.63, 3.8) is 0 Å². The van der Waals surface area contributed by atoms with Crippen LogP contribution in [0.1, 0.15) is 28.8 Å². The van der Waals surface area contributed by atoms with E-state index in [-0.39, 0.29) is 19.1 Å². The number of aromatic nitrogens is 3. The standard InChI is InChI=1S/C27H34F2N6O2S/c1-17-12-19(13-30-25(17)36-3)22-24-23(32-26(31-22)34-8-10-37-11-9-34)21(18(2)38-24)14-33-6-4-20(5-7-33)35-15-27(28,29)16-35/h12-13,20H,4-11,14-16H2,1-3H3. The van der Waals surface area contributed by atoms with Crippen molar-refractivity contribution in [2.45, 2.75) is 45.2 Å². The first-order chi connectivity index (χ1) is 18.3. The summed E-state index contributed by atoms with van der Waals surface area (Å²) < 4.78 is 38.8. The molecule has 0 N–H and O–H groups in total. The lowest BCUT2D eigenvalue weighted by molar-refractivity contribution is -0.151. The molecule has 0 radical (unpaired) electrons. The highest BCUT2D eigenvalue weighted by Gasteiger charge is 2.46. The van der Waals surface area contributed by atoms with Gasteiger partial charge in [-0.2, -0.15) is 0 Å². The fourth-order valence-electron chi connectivity index (χ4n) is 5.79. The van der Waals surface area contributed by atoms with Gasteiger partial charge in [-0.1, -0.05) is 0 Å². The number of rotatable bonds is 6. The van der Waals surface area contributed by atoms with Crippen molar-refractivity contribution in [3.05, 3.63) is 28.3 Å². The van der Waals surface area contributed by atoms with Crippen LogP contribution in [-0.2, 0) is 11.3 Å². The zero-order chi connectivity index (χ0) is 26.4. The predicted octanol–water partition coefficient (Wildman–Crippen LogP) is 4.13. The molecule has 204 valence electrons. The quantitative estimate of drug-likeness (QED) is 0.459. The Kier molecular flexibility index (Phi) is 6.96. The van der Waals surface area contributed by atoms with E-state index in [1.807, 2.05) is 18.0 Å². The van der Waals surface area contributed by atoms with Gasteiger partial charge < -0.3 is 14.4 Å². The number of likely N-dealkylation sites (tertiary alicyclic amines) is 2. The van der Waals surface area contributed by atoms with Crippen molar-refractivity contribution in [2.75, 3.05) is 64.5 Å². The highest BCUT2D eigenvalue weighted by Crippen LogP contribution is 2.39. The van der Waals surface area contributed by atoms with Gasteiger partial charge in [0.15, 0.2) is 0 Å². The molecular weight excluding hydrogens is 510 g/mol. The van der Waals surface area contributed by atoms with Gasteiger partial charge in [0.1, 0.15) is 0 Å². The summed E-state index contributed by atoms with van der Waals surface area (Å²) in [5, 5.41) is 0. The van der Waals surface area contributed by atoms with Gasteiger partial charge >= 0.3 is 0 Å².